The van der Waals surface area contributed by atoms with E-state index >= 15 is 0 Å². The summed E-state index contributed by atoms with van der Waals surface area (Å²) in [7, 11) is 0. The third-order valence-corrected chi connectivity index (χ3v) is 3.92. The van der Waals surface area contributed by atoms with Crippen LogP contribution in [-0.4, -0.2) is 48.5 Å². The van der Waals surface area contributed by atoms with Crippen molar-refractivity contribution < 1.29 is 28.7 Å². The highest BCUT2D eigenvalue weighted by atomic mass is 16.6. The van der Waals surface area contributed by atoms with E-state index < -0.39 is 42.6 Å². The van der Waals surface area contributed by atoms with Crippen LogP contribution in [0, 0.1) is 0 Å². The van der Waals surface area contributed by atoms with Gasteiger partial charge in [-0.05, 0) is 18.9 Å². The predicted molar refractivity (Wildman–Crippen MR) is 86.2 cm³/mol. The van der Waals surface area contributed by atoms with E-state index in [0.717, 1.165) is 4.90 Å². The van der Waals surface area contributed by atoms with Gasteiger partial charge in [0.2, 0.25) is 0 Å². The molecule has 1 aromatic rings. The van der Waals surface area contributed by atoms with Gasteiger partial charge in [-0.1, -0.05) is 37.3 Å². The molecule has 0 aliphatic carbocycles. The highest BCUT2D eigenvalue weighted by Gasteiger charge is 2.51. The maximum atomic E-state index is 12.8. The number of urea groups is 1. The second-order valence-electron chi connectivity index (χ2n) is 5.41. The molecule has 3 amide bonds. The van der Waals surface area contributed by atoms with Gasteiger partial charge in [-0.15, -0.1) is 0 Å². The van der Waals surface area contributed by atoms with Gasteiger partial charge in [0.25, 0.3) is 5.91 Å². The fraction of sp³-hybridized carbons (Fsp3) is 0.412. The lowest BCUT2D eigenvalue weighted by molar-refractivity contribution is -0.159. The maximum Gasteiger partial charge on any atom is 0.344 e. The predicted octanol–water partition coefficient (Wildman–Crippen LogP) is 0.950. The zero-order valence-electron chi connectivity index (χ0n) is 14.1. The van der Waals surface area contributed by atoms with Crippen LogP contribution in [0.5, 0.6) is 0 Å². The summed E-state index contributed by atoms with van der Waals surface area (Å²) < 4.78 is 9.37. The molecule has 1 saturated heterocycles. The van der Waals surface area contributed by atoms with E-state index in [1.165, 1.54) is 0 Å². The Bertz CT molecular complexity index is 675. The van der Waals surface area contributed by atoms with Crippen LogP contribution in [0.15, 0.2) is 30.3 Å². The van der Waals surface area contributed by atoms with E-state index in [0.29, 0.717) is 12.0 Å². The van der Waals surface area contributed by atoms with Crippen molar-refractivity contribution in [2.24, 2.45) is 0 Å². The van der Waals surface area contributed by atoms with E-state index in [-0.39, 0.29) is 6.61 Å². The molecular weight excluding hydrogens is 328 g/mol. The summed E-state index contributed by atoms with van der Waals surface area (Å²) >= 11 is 0. The Morgan fingerprint density at radius 3 is 2.36 bits per heavy atom. The highest BCUT2D eigenvalue weighted by Crippen LogP contribution is 2.32. The molecule has 1 heterocycles. The van der Waals surface area contributed by atoms with Gasteiger partial charge in [0.15, 0.2) is 6.61 Å². The summed E-state index contributed by atoms with van der Waals surface area (Å²) in [5.41, 5.74) is -0.571. The second-order valence-corrected chi connectivity index (χ2v) is 5.41. The molecule has 1 aliphatic heterocycles. The average Bonchev–Trinajstić information content (AvgIpc) is 2.86. The Morgan fingerprint density at radius 1 is 1.08 bits per heavy atom. The first-order valence-corrected chi connectivity index (χ1v) is 7.95. The fourth-order valence-electron chi connectivity index (χ4n) is 2.65. The molecule has 0 spiro atoms. The number of nitrogens with zero attached hydrogens (tertiary/aromatic N) is 1. The van der Waals surface area contributed by atoms with Crippen molar-refractivity contribution in [3.63, 3.8) is 0 Å². The zero-order chi connectivity index (χ0) is 18.4. The number of carbonyl (C=O) groups excluding carboxylic acids is 4. The molecule has 1 N–H and O–H groups in total. The van der Waals surface area contributed by atoms with Gasteiger partial charge in [-0.2, -0.15) is 0 Å². The lowest BCUT2D eigenvalue weighted by Crippen LogP contribution is -2.44. The molecule has 0 aromatic heterocycles. The Labute approximate surface area is 145 Å². The molecule has 0 saturated carbocycles. The molecule has 8 heteroatoms. The van der Waals surface area contributed by atoms with Crippen LogP contribution < -0.4 is 5.32 Å². The van der Waals surface area contributed by atoms with E-state index in [2.05, 4.69) is 10.1 Å². The van der Waals surface area contributed by atoms with Gasteiger partial charge < -0.3 is 14.8 Å². The molecule has 1 fully saturated rings. The topological polar surface area (TPSA) is 102 Å². The summed E-state index contributed by atoms with van der Waals surface area (Å²) in [6, 6.07) is 8.14. The summed E-state index contributed by atoms with van der Waals surface area (Å²) in [5, 5.41) is 2.66. The van der Waals surface area contributed by atoms with Crippen molar-refractivity contribution in [3.8, 4) is 0 Å². The normalized spacial score (nSPS) is 19.5. The Morgan fingerprint density at radius 2 is 1.76 bits per heavy atom. The highest BCUT2D eigenvalue weighted by molar-refractivity contribution is 6.09. The minimum absolute atomic E-state index is 0.166. The Balaban J connectivity index is 2.08. The number of rotatable bonds is 7. The smallest absolute Gasteiger partial charge is 0.344 e. The number of esters is 2. The van der Waals surface area contributed by atoms with Crippen molar-refractivity contribution in [1.82, 2.24) is 10.2 Å². The molecule has 0 unspecified atom stereocenters. The van der Waals surface area contributed by atoms with Gasteiger partial charge in [0.1, 0.15) is 12.1 Å². The molecule has 0 bridgehead atoms. The molecule has 1 atom stereocenters. The average molecular weight is 348 g/mol. The van der Waals surface area contributed by atoms with Gasteiger partial charge in [-0.3, -0.25) is 14.5 Å². The minimum Gasteiger partial charge on any atom is -0.463 e. The first-order chi connectivity index (χ1) is 11.9. The fourth-order valence-corrected chi connectivity index (χ4v) is 2.65. The van der Waals surface area contributed by atoms with Crippen molar-refractivity contribution >= 4 is 23.9 Å². The van der Waals surface area contributed by atoms with Crippen molar-refractivity contribution in [2.45, 2.75) is 25.8 Å². The van der Waals surface area contributed by atoms with Gasteiger partial charge >= 0.3 is 18.0 Å². The summed E-state index contributed by atoms with van der Waals surface area (Å²) in [6.07, 6.45) is 0.329. The molecule has 1 aliphatic rings. The van der Waals surface area contributed by atoms with E-state index in [9.17, 15) is 19.2 Å². The lowest BCUT2D eigenvalue weighted by atomic mass is 9.87. The number of carbonyl (C=O) groups is 4. The minimum atomic E-state index is -1.21. The summed E-state index contributed by atoms with van der Waals surface area (Å²) in [4.78, 5) is 48.8. The molecule has 134 valence electrons. The van der Waals surface area contributed by atoms with Crippen LogP contribution in [0.3, 0.4) is 0 Å². The van der Waals surface area contributed by atoms with Crippen LogP contribution >= 0.6 is 0 Å². The van der Waals surface area contributed by atoms with Crippen LogP contribution in [-0.2, 0) is 29.4 Å². The van der Waals surface area contributed by atoms with Crippen molar-refractivity contribution in [3.05, 3.63) is 35.9 Å². The first kappa shape index (κ1) is 18.4. The number of ether oxygens (including phenoxy) is 2. The third kappa shape index (κ3) is 3.78. The molecule has 0 radical (unpaired) electrons. The quantitative estimate of drug-likeness (QED) is 0.581. The Hall–Kier alpha value is -2.90. The molecular formula is C17H20N2O6. The van der Waals surface area contributed by atoms with Crippen LogP contribution in [0.2, 0.25) is 0 Å². The molecule has 2 rings (SSSR count). The molecule has 25 heavy (non-hydrogen) atoms. The standard InChI is InChI=1S/C17H20N2O6/c1-3-17(12-8-6-5-7-9-12)15(22)19(16(23)18-17)10-13(20)25-11-14(21)24-4-2/h5-9H,3-4,10-11H2,1-2H3,(H,18,23)/t17-/m1/s1. The van der Waals surface area contributed by atoms with Gasteiger partial charge in [-0.25, -0.2) is 9.59 Å². The van der Waals surface area contributed by atoms with Gasteiger partial charge in [0, 0.05) is 0 Å². The second kappa shape index (κ2) is 7.78. The first-order valence-electron chi connectivity index (χ1n) is 7.95. The number of hydrogen-bond donors (Lipinski definition) is 1. The number of hydrogen-bond acceptors (Lipinski definition) is 6. The lowest BCUT2D eigenvalue weighted by Gasteiger charge is -2.25. The number of imide groups is 1. The molecule has 1 aromatic carbocycles. The largest absolute Gasteiger partial charge is 0.463 e. The monoisotopic (exact) mass is 348 g/mol. The molecule has 8 nitrogen and oxygen atoms in total. The van der Waals surface area contributed by atoms with Crippen LogP contribution in [0.25, 0.3) is 0 Å². The van der Waals surface area contributed by atoms with Crippen LogP contribution in [0.1, 0.15) is 25.8 Å². The third-order valence-electron chi connectivity index (χ3n) is 3.92. The maximum absolute atomic E-state index is 12.8. The summed E-state index contributed by atoms with van der Waals surface area (Å²) in [6.45, 7) is 2.43. The van der Waals surface area contributed by atoms with E-state index in [1.54, 1.807) is 44.2 Å². The van der Waals surface area contributed by atoms with E-state index in [4.69, 9.17) is 4.74 Å². The number of benzene rings is 1. The number of amides is 3. The number of nitrogens with one attached hydrogen (secondary N) is 1. The summed E-state index contributed by atoms with van der Waals surface area (Å²) in [5.74, 6) is -2.09. The van der Waals surface area contributed by atoms with Crippen molar-refractivity contribution in [1.29, 1.82) is 0 Å². The van der Waals surface area contributed by atoms with Crippen molar-refractivity contribution in [2.75, 3.05) is 19.8 Å². The van der Waals surface area contributed by atoms with Crippen LogP contribution in [0.4, 0.5) is 4.79 Å². The SMILES string of the molecule is CCOC(=O)COC(=O)CN1C(=O)N[C@](CC)(c2ccccc2)C1=O. The Kier molecular flexibility index (Phi) is 5.74. The van der Waals surface area contributed by atoms with E-state index in [1.807, 2.05) is 0 Å². The zero-order valence-corrected chi connectivity index (χ0v) is 14.1. The van der Waals surface area contributed by atoms with Gasteiger partial charge in [0.05, 0.1) is 6.61 Å².